The zero-order valence-corrected chi connectivity index (χ0v) is 41.9. The van der Waals surface area contributed by atoms with Crippen LogP contribution in [0.3, 0.4) is 0 Å². The summed E-state index contributed by atoms with van der Waals surface area (Å²) in [7, 11) is 0. The number of aromatic hydroxyl groups is 2. The summed E-state index contributed by atoms with van der Waals surface area (Å²) < 4.78 is 11.3. The molecule has 8 heteroatoms. The molecule has 9 atom stereocenters. The van der Waals surface area contributed by atoms with Crippen molar-refractivity contribution in [2.45, 2.75) is 138 Å². The maximum atomic E-state index is 13.6. The van der Waals surface area contributed by atoms with Crippen molar-refractivity contribution in [3.63, 3.8) is 0 Å². The summed E-state index contributed by atoms with van der Waals surface area (Å²) in [5.74, 6) is 4.17. The minimum Gasteiger partial charge on any atom is -0.505 e. The summed E-state index contributed by atoms with van der Waals surface area (Å²) in [6.07, 6.45) is 20.0. The maximum absolute atomic E-state index is 13.6. The molecule has 0 aromatic heterocycles. The molecule has 4 fully saturated rings. The fourth-order valence-electron chi connectivity index (χ4n) is 13.9. The summed E-state index contributed by atoms with van der Waals surface area (Å²) in [6, 6.07) is 25.1. The molecule has 6 nitrogen and oxygen atoms in total. The quantitative estimate of drug-likeness (QED) is 0.109. The van der Waals surface area contributed by atoms with Gasteiger partial charge in [-0.05, 0) is 181 Å². The topological polar surface area (TPSA) is 93.1 Å². The van der Waals surface area contributed by atoms with Crippen molar-refractivity contribution in [3.05, 3.63) is 134 Å². The van der Waals surface area contributed by atoms with Crippen LogP contribution in [0.4, 0.5) is 0 Å². The van der Waals surface area contributed by atoms with E-state index in [9.17, 15) is 19.8 Å². The third-order valence-electron chi connectivity index (χ3n) is 17.5. The van der Waals surface area contributed by atoms with Gasteiger partial charge in [-0.1, -0.05) is 144 Å². The Kier molecular flexibility index (Phi) is 15.5. The van der Waals surface area contributed by atoms with Crippen LogP contribution in [-0.4, -0.2) is 22.2 Å². The third-order valence-corrected chi connectivity index (χ3v) is 18.1. The second-order valence-electron chi connectivity index (χ2n) is 21.9. The second kappa shape index (κ2) is 21.2. The molecule has 2 N–H and O–H groups in total. The number of halogens is 2. The Morgan fingerprint density at radius 1 is 0.701 bits per heavy atom. The summed E-state index contributed by atoms with van der Waals surface area (Å²) in [4.78, 5) is 27.1. The third kappa shape index (κ3) is 10.7. The van der Waals surface area contributed by atoms with Crippen molar-refractivity contribution in [3.8, 4) is 11.5 Å². The van der Waals surface area contributed by atoms with E-state index in [4.69, 9.17) is 32.7 Å². The molecule has 4 aromatic rings. The van der Waals surface area contributed by atoms with Gasteiger partial charge in [-0.2, -0.15) is 0 Å². The fourth-order valence-corrected chi connectivity index (χ4v) is 14.4. The first kappa shape index (κ1) is 49.2. The molecule has 4 aliphatic rings. The maximum Gasteiger partial charge on any atom is 0.342 e. The van der Waals surface area contributed by atoms with Gasteiger partial charge < -0.3 is 19.7 Å². The lowest BCUT2D eigenvalue weighted by Crippen LogP contribution is -2.53. The van der Waals surface area contributed by atoms with Crippen molar-refractivity contribution < 1.29 is 29.3 Å². The van der Waals surface area contributed by atoms with Gasteiger partial charge in [-0.3, -0.25) is 0 Å². The minimum absolute atomic E-state index is 0.0168. The molecule has 8 rings (SSSR count). The van der Waals surface area contributed by atoms with Gasteiger partial charge in [0.05, 0.1) is 10.0 Å². The predicted octanol–water partition coefficient (Wildman–Crippen LogP) is 16.1. The number of allylic oxidation sites excluding steroid dienone is 1. The van der Waals surface area contributed by atoms with Crippen molar-refractivity contribution >= 4 is 40.7 Å². The van der Waals surface area contributed by atoms with Crippen LogP contribution in [0.2, 0.25) is 10.0 Å². The van der Waals surface area contributed by atoms with Gasteiger partial charge in [-0.25, -0.2) is 9.59 Å². The Morgan fingerprint density at radius 3 is 1.82 bits per heavy atom. The number of rotatable bonds is 16. The Bertz CT molecular complexity index is 2280. The Labute approximate surface area is 409 Å². The average Bonchev–Trinajstić information content (AvgIpc) is 3.68. The van der Waals surface area contributed by atoms with E-state index in [1.165, 1.54) is 77.0 Å². The number of phenolic OH excluding ortho intramolecular Hbond substituents is 2. The van der Waals surface area contributed by atoms with Crippen molar-refractivity contribution in [2.75, 3.05) is 0 Å². The van der Waals surface area contributed by atoms with Gasteiger partial charge in [0.15, 0.2) is 0 Å². The summed E-state index contributed by atoms with van der Waals surface area (Å²) in [5, 5.41) is 22.2. The molecule has 0 radical (unpaired) electrons. The molecule has 1 unspecified atom stereocenters. The number of carbonyl (C=O) groups excluding carboxylic acids is 2. The first-order valence-electron chi connectivity index (χ1n) is 25.3. The highest BCUT2D eigenvalue weighted by molar-refractivity contribution is 6.33. The number of esters is 2. The number of ether oxygens (including phenoxy) is 2. The lowest BCUT2D eigenvalue weighted by molar-refractivity contribution is -0.121. The van der Waals surface area contributed by atoms with Crippen LogP contribution in [0.1, 0.15) is 167 Å². The summed E-state index contributed by atoms with van der Waals surface area (Å²) in [6.45, 7) is 12.7. The fraction of sp³-hybridized carbons (Fsp3) is 0.525. The van der Waals surface area contributed by atoms with E-state index >= 15 is 0 Å². The highest BCUT2D eigenvalue weighted by atomic mass is 35.5. The highest BCUT2D eigenvalue weighted by Gasteiger charge is 2.60. The first-order chi connectivity index (χ1) is 32.2. The molecule has 67 heavy (non-hydrogen) atoms. The predicted molar refractivity (Wildman–Crippen MR) is 270 cm³/mol. The SMILES string of the molecule is CC(C)CCCC(C)[C@H]1CC[C@H]2[C@@H]3CC[C@H]4C[C@@H](CCC=C(c5cc(Cl)c(O)c(C(=O)OCc6ccccc6)c5)c5cc(Cl)c(O)c(C(=O)OCc6ccccc6)c5)CC[C@]4(C)[C@H]3CC[C@]12C. The van der Waals surface area contributed by atoms with Crippen LogP contribution < -0.4 is 0 Å². The smallest absolute Gasteiger partial charge is 0.342 e. The monoisotopic (exact) mass is 946 g/mol. The van der Waals surface area contributed by atoms with E-state index < -0.39 is 11.9 Å². The van der Waals surface area contributed by atoms with Crippen LogP contribution >= 0.6 is 23.2 Å². The van der Waals surface area contributed by atoms with Crippen molar-refractivity contribution in [1.29, 1.82) is 0 Å². The lowest BCUT2D eigenvalue weighted by atomic mass is 9.44. The Balaban J connectivity index is 1.01. The van der Waals surface area contributed by atoms with E-state index in [-0.39, 0.29) is 45.9 Å². The molecule has 0 saturated heterocycles. The molecule has 0 amide bonds. The molecule has 0 heterocycles. The van der Waals surface area contributed by atoms with Gasteiger partial charge in [-0.15, -0.1) is 0 Å². The van der Waals surface area contributed by atoms with Gasteiger partial charge in [0.2, 0.25) is 0 Å². The number of fused-ring (bicyclic) bond motifs is 5. The zero-order chi connectivity index (χ0) is 47.5. The van der Waals surface area contributed by atoms with Gasteiger partial charge in [0.1, 0.15) is 35.8 Å². The van der Waals surface area contributed by atoms with E-state index in [1.54, 1.807) is 24.3 Å². The van der Waals surface area contributed by atoms with E-state index in [1.807, 2.05) is 60.7 Å². The highest BCUT2D eigenvalue weighted by Crippen LogP contribution is 2.69. The van der Waals surface area contributed by atoms with Crippen LogP contribution in [0, 0.1) is 58.2 Å². The van der Waals surface area contributed by atoms with Crippen LogP contribution in [0.25, 0.3) is 5.57 Å². The lowest BCUT2D eigenvalue weighted by Gasteiger charge is -2.61. The number of hydrogen-bond acceptors (Lipinski definition) is 6. The van der Waals surface area contributed by atoms with Crippen LogP contribution in [0.15, 0.2) is 91.0 Å². The molecule has 0 bridgehead atoms. The van der Waals surface area contributed by atoms with E-state index in [0.29, 0.717) is 33.4 Å². The molecule has 4 aromatic carbocycles. The average molecular weight is 948 g/mol. The van der Waals surface area contributed by atoms with E-state index in [0.717, 1.165) is 65.4 Å². The van der Waals surface area contributed by atoms with Crippen molar-refractivity contribution in [1.82, 2.24) is 0 Å². The Morgan fingerprint density at radius 2 is 1.25 bits per heavy atom. The number of carbonyl (C=O) groups is 2. The molecular weight excluding hydrogens is 876 g/mol. The minimum atomic E-state index is -0.722. The van der Waals surface area contributed by atoms with Crippen LogP contribution in [-0.2, 0) is 22.7 Å². The normalized spacial score (nSPS) is 27.0. The molecule has 358 valence electrons. The summed E-state index contributed by atoms with van der Waals surface area (Å²) >= 11 is 13.4. The molecule has 4 saturated carbocycles. The second-order valence-corrected chi connectivity index (χ2v) is 22.7. The largest absolute Gasteiger partial charge is 0.505 e. The number of benzene rings is 4. The standard InChI is InChI=1S/C59H72Cl2O6/c1-37(2)14-12-15-38(3)49-24-25-50-46-23-22-44-30-39(26-28-58(44,4)51(46)27-29-59(49,50)5)20-13-21-45(42-31-47(54(62)52(60)33-42)56(64)66-35-40-16-8-6-9-17-40)43-32-48(55(63)53(61)34-43)57(65)67-36-41-18-10-7-11-19-41/h6-11,16-19,21,31-34,37-39,44,46,49-51,62-63H,12-15,20,22-30,35-36H2,1-5H3/t38?,39-,44-,46-,49+,50-,51-,58-,59+/m0/s1. The molecular formula is C59H72Cl2O6. The number of hydrogen-bond donors (Lipinski definition) is 2. The summed E-state index contributed by atoms with van der Waals surface area (Å²) in [5.41, 5.74) is 4.09. The number of phenols is 2. The zero-order valence-electron chi connectivity index (χ0n) is 40.4. The van der Waals surface area contributed by atoms with Gasteiger partial charge in [0, 0.05) is 0 Å². The van der Waals surface area contributed by atoms with Gasteiger partial charge in [0.25, 0.3) is 0 Å². The molecule has 4 aliphatic carbocycles. The Hall–Kier alpha value is -4.26. The first-order valence-corrected chi connectivity index (χ1v) is 26.1. The van der Waals surface area contributed by atoms with Crippen molar-refractivity contribution in [2.24, 2.45) is 58.2 Å². The van der Waals surface area contributed by atoms with Crippen LogP contribution in [0.5, 0.6) is 11.5 Å². The van der Waals surface area contributed by atoms with E-state index in [2.05, 4.69) is 40.7 Å². The molecule has 0 spiro atoms. The molecule has 0 aliphatic heterocycles. The van der Waals surface area contributed by atoms with Gasteiger partial charge >= 0.3 is 11.9 Å².